The van der Waals surface area contributed by atoms with E-state index >= 15 is 0 Å². The summed E-state index contributed by atoms with van der Waals surface area (Å²) >= 11 is 0.760. The van der Waals surface area contributed by atoms with E-state index < -0.39 is 11.0 Å². The fourth-order valence-corrected chi connectivity index (χ4v) is 3.06. The zero-order valence-electron chi connectivity index (χ0n) is 12.8. The Balaban J connectivity index is 1.93. The molecule has 0 spiro atoms. The Labute approximate surface area is 142 Å². The third kappa shape index (κ3) is 3.09. The monoisotopic (exact) mass is 339 g/mol. The van der Waals surface area contributed by atoms with E-state index in [-0.39, 0.29) is 5.78 Å². The molecule has 0 saturated carbocycles. The van der Waals surface area contributed by atoms with E-state index in [4.69, 9.17) is 4.74 Å². The van der Waals surface area contributed by atoms with Gasteiger partial charge in [0.05, 0.1) is 12.1 Å². The van der Waals surface area contributed by atoms with Gasteiger partial charge in [-0.2, -0.15) is 0 Å². The molecule has 120 valence electrons. The Bertz CT molecular complexity index is 828. The molecular weight excluding hydrogens is 326 g/mol. The zero-order valence-corrected chi connectivity index (χ0v) is 13.6. The number of rotatable bonds is 4. The molecule has 1 aliphatic heterocycles. The Morgan fingerprint density at radius 2 is 1.71 bits per heavy atom. The minimum absolute atomic E-state index is 0.288. The molecule has 1 saturated heterocycles. The highest BCUT2D eigenvalue weighted by Crippen LogP contribution is 2.35. The molecular formula is C18H13NO4S. The van der Waals surface area contributed by atoms with Gasteiger partial charge < -0.3 is 4.74 Å². The number of benzene rings is 2. The number of ether oxygens (including phenoxy) is 1. The maximum atomic E-state index is 12.4. The van der Waals surface area contributed by atoms with Gasteiger partial charge in [-0.1, -0.05) is 18.2 Å². The SMILES string of the molecule is COc1ccc(C(=O)/C=C2\SC(=O)C(=O)N2c2ccccc2)cc1. The molecule has 0 aliphatic carbocycles. The minimum Gasteiger partial charge on any atom is -0.497 e. The van der Waals surface area contributed by atoms with Gasteiger partial charge in [0.25, 0.3) is 5.12 Å². The number of anilines is 1. The average molecular weight is 339 g/mol. The number of hydrogen-bond acceptors (Lipinski definition) is 5. The molecule has 0 radical (unpaired) electrons. The van der Waals surface area contributed by atoms with Gasteiger partial charge in [-0.15, -0.1) is 0 Å². The standard InChI is InChI=1S/C18H13NO4S/c1-23-14-9-7-12(8-10-14)15(20)11-16-19(17(21)18(22)24-16)13-5-3-2-4-6-13/h2-11H,1H3/b16-11-. The van der Waals surface area contributed by atoms with Crippen LogP contribution in [-0.2, 0) is 9.59 Å². The maximum Gasteiger partial charge on any atom is 0.310 e. The molecule has 2 aromatic rings. The first-order chi connectivity index (χ1) is 11.6. The van der Waals surface area contributed by atoms with Crippen molar-refractivity contribution in [1.82, 2.24) is 0 Å². The quantitative estimate of drug-likeness (QED) is 0.487. The predicted molar refractivity (Wildman–Crippen MR) is 91.9 cm³/mol. The molecule has 6 heteroatoms. The van der Waals surface area contributed by atoms with E-state index in [1.165, 1.54) is 11.0 Å². The van der Waals surface area contributed by atoms with Crippen LogP contribution in [0.1, 0.15) is 10.4 Å². The molecule has 0 bridgehead atoms. The number of carbonyl (C=O) groups is 3. The van der Waals surface area contributed by atoms with E-state index in [0.29, 0.717) is 22.0 Å². The van der Waals surface area contributed by atoms with Crippen LogP contribution in [0.5, 0.6) is 5.75 Å². The van der Waals surface area contributed by atoms with Crippen molar-refractivity contribution in [3.8, 4) is 5.75 Å². The van der Waals surface area contributed by atoms with Gasteiger partial charge in [-0.3, -0.25) is 19.3 Å². The number of thioether (sulfide) groups is 1. The van der Waals surface area contributed by atoms with Gasteiger partial charge in [0.1, 0.15) is 5.75 Å². The van der Waals surface area contributed by atoms with Crippen molar-refractivity contribution in [3.63, 3.8) is 0 Å². The Morgan fingerprint density at radius 1 is 1.04 bits per heavy atom. The summed E-state index contributed by atoms with van der Waals surface area (Å²) in [4.78, 5) is 37.5. The van der Waals surface area contributed by atoms with Crippen LogP contribution in [0.4, 0.5) is 5.69 Å². The lowest BCUT2D eigenvalue weighted by Crippen LogP contribution is -2.26. The molecule has 0 N–H and O–H groups in total. The van der Waals surface area contributed by atoms with Crippen molar-refractivity contribution in [3.05, 3.63) is 71.3 Å². The van der Waals surface area contributed by atoms with Crippen molar-refractivity contribution in [2.24, 2.45) is 0 Å². The second-order valence-corrected chi connectivity index (χ2v) is 5.93. The largest absolute Gasteiger partial charge is 0.497 e. The Kier molecular flexibility index (Phi) is 4.48. The fraction of sp³-hybridized carbons (Fsp3) is 0.0556. The van der Waals surface area contributed by atoms with Gasteiger partial charge in [0.2, 0.25) is 0 Å². The summed E-state index contributed by atoms with van der Waals surface area (Å²) in [6.45, 7) is 0. The van der Waals surface area contributed by atoms with E-state index in [1.54, 1.807) is 55.6 Å². The second kappa shape index (κ2) is 6.72. The Hall–Kier alpha value is -2.86. The number of allylic oxidation sites excluding steroid dienone is 1. The molecule has 1 aliphatic rings. The third-order valence-corrected chi connectivity index (χ3v) is 4.31. The first-order valence-electron chi connectivity index (χ1n) is 7.11. The summed E-state index contributed by atoms with van der Waals surface area (Å²) in [6.07, 6.45) is 1.31. The molecule has 24 heavy (non-hydrogen) atoms. The lowest BCUT2D eigenvalue weighted by atomic mass is 10.1. The molecule has 1 fully saturated rings. The number of carbonyl (C=O) groups excluding carboxylic acids is 3. The van der Waals surface area contributed by atoms with Crippen LogP contribution >= 0.6 is 11.8 Å². The highest BCUT2D eigenvalue weighted by atomic mass is 32.2. The first kappa shape index (κ1) is 16.0. The van der Waals surface area contributed by atoms with Crippen molar-refractivity contribution in [1.29, 1.82) is 0 Å². The second-order valence-electron chi connectivity index (χ2n) is 4.94. The van der Waals surface area contributed by atoms with E-state index in [9.17, 15) is 14.4 Å². The topological polar surface area (TPSA) is 63.7 Å². The summed E-state index contributed by atoms with van der Waals surface area (Å²) in [5.74, 6) is -0.297. The Morgan fingerprint density at radius 3 is 2.33 bits per heavy atom. The summed E-state index contributed by atoms with van der Waals surface area (Å²) in [5, 5.41) is -0.301. The van der Waals surface area contributed by atoms with Crippen molar-refractivity contribution in [2.45, 2.75) is 0 Å². The van der Waals surface area contributed by atoms with Gasteiger partial charge in [0.15, 0.2) is 5.78 Å². The predicted octanol–water partition coefficient (Wildman–Crippen LogP) is 3.03. The number of hydrogen-bond donors (Lipinski definition) is 0. The number of ketones is 1. The fourth-order valence-electron chi connectivity index (χ4n) is 2.24. The summed E-state index contributed by atoms with van der Waals surface area (Å²) in [5.41, 5.74) is 0.998. The van der Waals surface area contributed by atoms with Gasteiger partial charge in [-0.25, -0.2) is 0 Å². The maximum absolute atomic E-state index is 12.4. The van der Waals surface area contributed by atoms with E-state index in [1.807, 2.05) is 6.07 Å². The van der Waals surface area contributed by atoms with Crippen LogP contribution in [-0.4, -0.2) is 23.9 Å². The summed E-state index contributed by atoms with van der Waals surface area (Å²) in [6, 6.07) is 15.4. The highest BCUT2D eigenvalue weighted by Gasteiger charge is 2.36. The number of amides is 1. The molecule has 2 aromatic carbocycles. The molecule has 1 heterocycles. The normalized spacial score (nSPS) is 15.9. The summed E-state index contributed by atoms with van der Waals surface area (Å²) in [7, 11) is 1.54. The third-order valence-electron chi connectivity index (χ3n) is 3.44. The molecule has 0 unspecified atom stereocenters. The molecule has 0 atom stereocenters. The van der Waals surface area contributed by atoms with Crippen LogP contribution in [0, 0.1) is 0 Å². The molecule has 1 amide bonds. The van der Waals surface area contributed by atoms with Crippen LogP contribution in [0.2, 0.25) is 0 Å². The van der Waals surface area contributed by atoms with Crippen molar-refractivity contribution in [2.75, 3.05) is 12.0 Å². The smallest absolute Gasteiger partial charge is 0.310 e. The molecule has 0 aromatic heterocycles. The lowest BCUT2D eigenvalue weighted by Gasteiger charge is -2.15. The van der Waals surface area contributed by atoms with Crippen LogP contribution < -0.4 is 9.64 Å². The van der Waals surface area contributed by atoms with Gasteiger partial charge in [-0.05, 0) is 48.2 Å². The van der Waals surface area contributed by atoms with Gasteiger partial charge >= 0.3 is 5.91 Å². The highest BCUT2D eigenvalue weighted by molar-refractivity contribution is 8.19. The van der Waals surface area contributed by atoms with Gasteiger partial charge in [0, 0.05) is 17.3 Å². The van der Waals surface area contributed by atoms with Crippen LogP contribution in [0.15, 0.2) is 65.7 Å². The molecule has 5 nitrogen and oxygen atoms in total. The first-order valence-corrected chi connectivity index (χ1v) is 7.93. The van der Waals surface area contributed by atoms with Crippen molar-refractivity contribution < 1.29 is 19.1 Å². The van der Waals surface area contributed by atoms with Crippen LogP contribution in [0.3, 0.4) is 0 Å². The minimum atomic E-state index is -0.653. The zero-order chi connectivity index (χ0) is 17.1. The number of para-hydroxylation sites is 1. The van der Waals surface area contributed by atoms with E-state index in [2.05, 4.69) is 0 Å². The van der Waals surface area contributed by atoms with Crippen molar-refractivity contribution >= 4 is 34.3 Å². The number of nitrogens with zero attached hydrogens (tertiary/aromatic N) is 1. The lowest BCUT2D eigenvalue weighted by molar-refractivity contribution is -0.130. The molecule has 3 rings (SSSR count). The number of methoxy groups -OCH3 is 1. The summed E-state index contributed by atoms with van der Waals surface area (Å²) < 4.78 is 5.06. The van der Waals surface area contributed by atoms with Crippen LogP contribution in [0.25, 0.3) is 0 Å². The average Bonchev–Trinajstić information content (AvgIpc) is 2.89. The van der Waals surface area contributed by atoms with E-state index in [0.717, 1.165) is 11.8 Å².